The van der Waals surface area contributed by atoms with Crippen molar-refractivity contribution in [1.82, 2.24) is 20.2 Å². The normalized spacial score (nSPS) is 10.1. The first-order valence-corrected chi connectivity index (χ1v) is 4.28. The van der Waals surface area contributed by atoms with Crippen LogP contribution in [0.4, 0.5) is 5.82 Å². The van der Waals surface area contributed by atoms with E-state index in [1.807, 2.05) is 13.0 Å². The maximum absolute atomic E-state index is 4.02. The monoisotopic (exact) mass is 188 g/mol. The summed E-state index contributed by atoms with van der Waals surface area (Å²) in [5, 5.41) is 9.92. The van der Waals surface area contributed by atoms with Crippen molar-refractivity contribution in [3.05, 3.63) is 36.0 Å². The lowest BCUT2D eigenvalue weighted by molar-refractivity contribution is 0.965. The maximum Gasteiger partial charge on any atom is 0.199 e. The van der Waals surface area contributed by atoms with Crippen molar-refractivity contribution in [3.8, 4) is 0 Å². The fourth-order valence-electron chi connectivity index (χ4n) is 1.10. The average Bonchev–Trinajstić information content (AvgIpc) is 2.69. The van der Waals surface area contributed by atoms with Gasteiger partial charge in [-0.3, -0.25) is 5.10 Å². The molecule has 2 heterocycles. The molecule has 14 heavy (non-hydrogen) atoms. The molecule has 2 N–H and O–H groups in total. The third-order valence-electron chi connectivity index (χ3n) is 1.85. The Kier molecular flexibility index (Phi) is 2.40. The van der Waals surface area contributed by atoms with Crippen LogP contribution in [-0.4, -0.2) is 20.2 Å². The van der Waals surface area contributed by atoms with Crippen molar-refractivity contribution >= 4 is 5.82 Å². The van der Waals surface area contributed by atoms with E-state index in [1.165, 1.54) is 0 Å². The van der Waals surface area contributed by atoms with Crippen LogP contribution < -0.4 is 5.32 Å². The molecule has 0 aliphatic heterocycles. The maximum atomic E-state index is 4.02. The predicted octanol–water partition coefficient (Wildman–Crippen LogP) is 0.920. The van der Waals surface area contributed by atoms with Crippen LogP contribution in [0.3, 0.4) is 0 Å². The standard InChI is InChI=1S/C9H10N5/c1-7-4-10-6-12-9(7)11-5-8-2-3-13-14-8/h2-4H,5H2,1H3,(H,13,14)(H,10,11,12). The molecule has 2 aromatic heterocycles. The molecule has 0 bridgehead atoms. The Morgan fingerprint density at radius 1 is 1.57 bits per heavy atom. The van der Waals surface area contributed by atoms with Gasteiger partial charge in [0.2, 0.25) is 0 Å². The summed E-state index contributed by atoms with van der Waals surface area (Å²) in [5.41, 5.74) is 1.95. The van der Waals surface area contributed by atoms with Gasteiger partial charge in [0.25, 0.3) is 0 Å². The molecule has 0 spiro atoms. The summed E-state index contributed by atoms with van der Waals surface area (Å²) in [6.07, 6.45) is 6.05. The molecule has 1 radical (unpaired) electrons. The van der Waals surface area contributed by atoms with Gasteiger partial charge in [-0.05, 0) is 13.0 Å². The Labute approximate surface area is 81.6 Å². The van der Waals surface area contributed by atoms with Gasteiger partial charge in [-0.25, -0.2) is 9.97 Å². The lowest BCUT2D eigenvalue weighted by Gasteiger charge is -2.04. The number of anilines is 1. The first-order valence-electron chi connectivity index (χ1n) is 4.28. The number of aryl methyl sites for hydroxylation is 1. The van der Waals surface area contributed by atoms with E-state index >= 15 is 0 Å². The van der Waals surface area contributed by atoms with Gasteiger partial charge in [-0.2, -0.15) is 5.10 Å². The topological polar surface area (TPSA) is 66.5 Å². The summed E-state index contributed by atoms with van der Waals surface area (Å²) >= 11 is 0. The van der Waals surface area contributed by atoms with Crippen LogP contribution in [0.1, 0.15) is 11.3 Å². The highest BCUT2D eigenvalue weighted by molar-refractivity contribution is 5.40. The van der Waals surface area contributed by atoms with Crippen molar-refractivity contribution < 1.29 is 0 Å². The summed E-state index contributed by atoms with van der Waals surface area (Å²) in [6, 6.07) is 1.91. The second kappa shape index (κ2) is 3.87. The highest BCUT2D eigenvalue weighted by atomic mass is 15.1. The minimum absolute atomic E-state index is 0.648. The summed E-state index contributed by atoms with van der Waals surface area (Å²) in [5.74, 6) is 0.794. The van der Waals surface area contributed by atoms with E-state index in [4.69, 9.17) is 0 Å². The second-order valence-electron chi connectivity index (χ2n) is 2.92. The van der Waals surface area contributed by atoms with E-state index in [-0.39, 0.29) is 0 Å². The van der Waals surface area contributed by atoms with Gasteiger partial charge in [0.15, 0.2) is 6.33 Å². The Bertz CT molecular complexity index is 395. The van der Waals surface area contributed by atoms with Crippen LogP contribution in [0.25, 0.3) is 0 Å². The molecule has 0 aromatic carbocycles. The number of H-pyrrole nitrogens is 1. The summed E-state index contributed by atoms with van der Waals surface area (Å²) in [4.78, 5) is 7.78. The Hall–Kier alpha value is -1.91. The molecule has 0 unspecified atom stereocenters. The number of aromatic amines is 1. The Morgan fingerprint density at radius 2 is 2.50 bits per heavy atom. The van der Waals surface area contributed by atoms with Crippen molar-refractivity contribution in [2.45, 2.75) is 13.5 Å². The molecule has 2 aromatic rings. The molecule has 0 saturated heterocycles. The molecule has 0 atom stereocenters. The van der Waals surface area contributed by atoms with Crippen LogP contribution in [-0.2, 0) is 6.54 Å². The number of nitrogens with zero attached hydrogens (tertiary/aromatic N) is 3. The van der Waals surface area contributed by atoms with Crippen molar-refractivity contribution in [2.75, 3.05) is 5.32 Å². The fourth-order valence-corrected chi connectivity index (χ4v) is 1.10. The molecule has 0 amide bonds. The minimum atomic E-state index is 0.648. The third-order valence-corrected chi connectivity index (χ3v) is 1.85. The zero-order valence-electron chi connectivity index (χ0n) is 7.78. The van der Waals surface area contributed by atoms with Gasteiger partial charge in [-0.15, -0.1) is 0 Å². The highest BCUT2D eigenvalue weighted by Crippen LogP contribution is 2.08. The van der Waals surface area contributed by atoms with Gasteiger partial charge in [0, 0.05) is 18.0 Å². The van der Waals surface area contributed by atoms with Crippen LogP contribution in [0.2, 0.25) is 0 Å². The number of nitrogens with one attached hydrogen (secondary N) is 2. The summed E-state index contributed by atoms with van der Waals surface area (Å²) in [6.45, 7) is 2.59. The predicted molar refractivity (Wildman–Crippen MR) is 51.5 cm³/mol. The molecule has 0 fully saturated rings. The van der Waals surface area contributed by atoms with Crippen molar-refractivity contribution in [3.63, 3.8) is 0 Å². The molecule has 0 aliphatic rings. The molecular weight excluding hydrogens is 178 g/mol. The van der Waals surface area contributed by atoms with E-state index in [0.717, 1.165) is 17.1 Å². The van der Waals surface area contributed by atoms with Crippen molar-refractivity contribution in [2.24, 2.45) is 0 Å². The molecule has 2 rings (SSSR count). The van der Waals surface area contributed by atoms with Gasteiger partial charge >= 0.3 is 0 Å². The average molecular weight is 188 g/mol. The van der Waals surface area contributed by atoms with Crippen LogP contribution in [0.5, 0.6) is 0 Å². The summed E-state index contributed by atoms with van der Waals surface area (Å²) < 4.78 is 0. The molecular formula is C9H10N5. The first-order chi connectivity index (χ1) is 6.86. The number of hydrogen-bond donors (Lipinski definition) is 2. The van der Waals surface area contributed by atoms with Crippen LogP contribution in [0, 0.1) is 13.3 Å². The van der Waals surface area contributed by atoms with Crippen LogP contribution in [0.15, 0.2) is 18.5 Å². The lowest BCUT2D eigenvalue weighted by atomic mass is 10.3. The summed E-state index contributed by atoms with van der Waals surface area (Å²) in [7, 11) is 0. The van der Waals surface area contributed by atoms with E-state index in [2.05, 4.69) is 31.8 Å². The third kappa shape index (κ3) is 1.87. The molecule has 5 nitrogen and oxygen atoms in total. The first kappa shape index (κ1) is 8.68. The molecule has 5 heteroatoms. The van der Waals surface area contributed by atoms with Gasteiger partial charge in [-0.1, -0.05) is 0 Å². The fraction of sp³-hybridized carbons (Fsp3) is 0.222. The Morgan fingerprint density at radius 3 is 3.21 bits per heavy atom. The van der Waals surface area contributed by atoms with E-state index < -0.39 is 0 Å². The van der Waals surface area contributed by atoms with E-state index in [0.29, 0.717) is 6.54 Å². The van der Waals surface area contributed by atoms with Gasteiger partial charge in [0.05, 0.1) is 12.2 Å². The quantitative estimate of drug-likeness (QED) is 0.751. The number of hydrogen-bond acceptors (Lipinski definition) is 4. The Balaban J connectivity index is 2.02. The largest absolute Gasteiger partial charge is 0.364 e. The molecule has 0 saturated carbocycles. The van der Waals surface area contributed by atoms with Crippen LogP contribution >= 0.6 is 0 Å². The van der Waals surface area contributed by atoms with Gasteiger partial charge < -0.3 is 5.32 Å². The second-order valence-corrected chi connectivity index (χ2v) is 2.92. The van der Waals surface area contributed by atoms with Gasteiger partial charge in [0.1, 0.15) is 5.82 Å². The number of rotatable bonds is 3. The lowest BCUT2D eigenvalue weighted by Crippen LogP contribution is -2.03. The minimum Gasteiger partial charge on any atom is -0.364 e. The van der Waals surface area contributed by atoms with E-state index in [1.54, 1.807) is 12.4 Å². The smallest absolute Gasteiger partial charge is 0.199 e. The molecule has 71 valence electrons. The van der Waals surface area contributed by atoms with E-state index in [9.17, 15) is 0 Å². The SMILES string of the molecule is Cc1cn[c]nc1NCc1cc[nH]n1. The van der Waals surface area contributed by atoms with Crippen molar-refractivity contribution in [1.29, 1.82) is 0 Å². The molecule has 0 aliphatic carbocycles. The highest BCUT2D eigenvalue weighted by Gasteiger charge is 1.99. The zero-order chi connectivity index (χ0) is 9.80. The zero-order valence-corrected chi connectivity index (χ0v) is 7.78. The number of aromatic nitrogens is 4.